The Morgan fingerprint density at radius 1 is 1.06 bits per heavy atom. The first-order valence-corrected chi connectivity index (χ1v) is 7.10. The summed E-state index contributed by atoms with van der Waals surface area (Å²) in [5, 5.41) is 3.55. The predicted molar refractivity (Wildman–Crippen MR) is 71.3 cm³/mol. The third-order valence-electron chi connectivity index (χ3n) is 3.64. The standard InChI is InChI=1S/C14H29NO2/c1-13-4-6-14(7-5-13)12-15-8-3-9-17-11-10-16-2/h13-15H,3-12H2,1-2H3. The highest BCUT2D eigenvalue weighted by Crippen LogP contribution is 2.27. The topological polar surface area (TPSA) is 30.5 Å². The molecule has 1 N–H and O–H groups in total. The molecule has 0 amide bonds. The lowest BCUT2D eigenvalue weighted by Crippen LogP contribution is -2.27. The zero-order chi connectivity index (χ0) is 12.3. The van der Waals surface area contributed by atoms with Gasteiger partial charge in [-0.2, -0.15) is 0 Å². The van der Waals surface area contributed by atoms with Gasteiger partial charge in [0.05, 0.1) is 13.2 Å². The molecule has 1 fully saturated rings. The van der Waals surface area contributed by atoms with E-state index in [1.807, 2.05) is 0 Å². The number of ether oxygens (including phenoxy) is 2. The van der Waals surface area contributed by atoms with Crippen LogP contribution in [0.4, 0.5) is 0 Å². The largest absolute Gasteiger partial charge is 0.382 e. The lowest BCUT2D eigenvalue weighted by atomic mass is 9.83. The average Bonchev–Trinajstić information content (AvgIpc) is 2.35. The fraction of sp³-hybridized carbons (Fsp3) is 1.00. The molecule has 0 radical (unpaired) electrons. The smallest absolute Gasteiger partial charge is 0.0700 e. The molecular formula is C14H29NO2. The molecule has 1 saturated carbocycles. The van der Waals surface area contributed by atoms with Gasteiger partial charge in [-0.05, 0) is 44.2 Å². The second-order valence-corrected chi connectivity index (χ2v) is 5.29. The Bertz CT molecular complexity index is 168. The van der Waals surface area contributed by atoms with Crippen molar-refractivity contribution in [2.75, 3.05) is 40.0 Å². The van der Waals surface area contributed by atoms with E-state index in [0.29, 0.717) is 6.61 Å². The van der Waals surface area contributed by atoms with E-state index in [0.717, 1.165) is 38.0 Å². The Morgan fingerprint density at radius 2 is 1.82 bits per heavy atom. The van der Waals surface area contributed by atoms with Gasteiger partial charge in [0, 0.05) is 13.7 Å². The first kappa shape index (κ1) is 14.9. The van der Waals surface area contributed by atoms with Crippen molar-refractivity contribution in [2.45, 2.75) is 39.0 Å². The van der Waals surface area contributed by atoms with Gasteiger partial charge in [0.15, 0.2) is 0 Å². The fourth-order valence-corrected chi connectivity index (χ4v) is 2.38. The predicted octanol–water partition coefficient (Wildman–Crippen LogP) is 2.46. The van der Waals surface area contributed by atoms with Gasteiger partial charge in [-0.3, -0.25) is 0 Å². The van der Waals surface area contributed by atoms with Gasteiger partial charge in [-0.15, -0.1) is 0 Å². The summed E-state index contributed by atoms with van der Waals surface area (Å²) in [4.78, 5) is 0. The number of hydrogen-bond acceptors (Lipinski definition) is 3. The highest BCUT2D eigenvalue weighted by atomic mass is 16.5. The number of rotatable bonds is 9. The van der Waals surface area contributed by atoms with Gasteiger partial charge >= 0.3 is 0 Å². The van der Waals surface area contributed by atoms with E-state index in [4.69, 9.17) is 9.47 Å². The molecule has 0 heterocycles. The maximum atomic E-state index is 5.42. The van der Waals surface area contributed by atoms with Crippen molar-refractivity contribution in [1.29, 1.82) is 0 Å². The monoisotopic (exact) mass is 243 g/mol. The van der Waals surface area contributed by atoms with Crippen LogP contribution in [-0.2, 0) is 9.47 Å². The van der Waals surface area contributed by atoms with E-state index in [1.54, 1.807) is 7.11 Å². The van der Waals surface area contributed by atoms with Crippen LogP contribution in [0.5, 0.6) is 0 Å². The van der Waals surface area contributed by atoms with Gasteiger partial charge < -0.3 is 14.8 Å². The zero-order valence-corrected chi connectivity index (χ0v) is 11.5. The molecule has 1 rings (SSSR count). The fourth-order valence-electron chi connectivity index (χ4n) is 2.38. The summed E-state index contributed by atoms with van der Waals surface area (Å²) in [7, 11) is 1.70. The summed E-state index contributed by atoms with van der Waals surface area (Å²) >= 11 is 0. The molecule has 0 saturated heterocycles. The molecule has 0 unspecified atom stereocenters. The summed E-state index contributed by atoms with van der Waals surface area (Å²) in [5.41, 5.74) is 0. The minimum atomic E-state index is 0.702. The quantitative estimate of drug-likeness (QED) is 0.631. The molecule has 17 heavy (non-hydrogen) atoms. The lowest BCUT2D eigenvalue weighted by molar-refractivity contribution is 0.0693. The van der Waals surface area contributed by atoms with Gasteiger partial charge in [-0.1, -0.05) is 19.8 Å². The zero-order valence-electron chi connectivity index (χ0n) is 11.5. The van der Waals surface area contributed by atoms with Crippen LogP contribution in [0.15, 0.2) is 0 Å². The number of hydrogen-bond donors (Lipinski definition) is 1. The van der Waals surface area contributed by atoms with Gasteiger partial charge in [0.25, 0.3) is 0 Å². The first-order chi connectivity index (χ1) is 8.33. The molecule has 0 atom stereocenters. The van der Waals surface area contributed by atoms with E-state index in [2.05, 4.69) is 12.2 Å². The maximum Gasteiger partial charge on any atom is 0.0700 e. The van der Waals surface area contributed by atoms with Crippen LogP contribution in [0.2, 0.25) is 0 Å². The van der Waals surface area contributed by atoms with E-state index in [-0.39, 0.29) is 0 Å². The van der Waals surface area contributed by atoms with Gasteiger partial charge in [-0.25, -0.2) is 0 Å². The highest BCUT2D eigenvalue weighted by Gasteiger charge is 2.17. The van der Waals surface area contributed by atoms with Crippen LogP contribution in [0.1, 0.15) is 39.0 Å². The third-order valence-corrected chi connectivity index (χ3v) is 3.64. The van der Waals surface area contributed by atoms with Crippen LogP contribution in [-0.4, -0.2) is 40.0 Å². The Balaban J connectivity index is 1.81. The van der Waals surface area contributed by atoms with E-state index in [9.17, 15) is 0 Å². The molecule has 1 aliphatic rings. The third kappa shape index (κ3) is 7.74. The van der Waals surface area contributed by atoms with Crippen LogP contribution >= 0.6 is 0 Å². The molecule has 1 aliphatic carbocycles. The maximum absolute atomic E-state index is 5.42. The molecule has 102 valence electrons. The summed E-state index contributed by atoms with van der Waals surface area (Å²) in [6.07, 6.45) is 6.78. The Kier molecular flexibility index (Phi) is 8.67. The Labute approximate surface area is 106 Å². The lowest BCUT2D eigenvalue weighted by Gasteiger charge is -2.26. The van der Waals surface area contributed by atoms with Crippen molar-refractivity contribution in [3.8, 4) is 0 Å². The minimum absolute atomic E-state index is 0.702. The second kappa shape index (κ2) is 9.86. The molecule has 0 bridgehead atoms. The van der Waals surface area contributed by atoms with Gasteiger partial charge in [0.2, 0.25) is 0 Å². The molecule has 3 nitrogen and oxygen atoms in total. The van der Waals surface area contributed by atoms with Crippen LogP contribution in [0.3, 0.4) is 0 Å². The molecule has 3 heteroatoms. The highest BCUT2D eigenvalue weighted by molar-refractivity contribution is 4.71. The summed E-state index contributed by atoms with van der Waals surface area (Å²) in [5.74, 6) is 1.88. The van der Waals surface area contributed by atoms with Crippen molar-refractivity contribution in [3.63, 3.8) is 0 Å². The van der Waals surface area contributed by atoms with Crippen LogP contribution < -0.4 is 5.32 Å². The van der Waals surface area contributed by atoms with Crippen molar-refractivity contribution in [2.24, 2.45) is 11.8 Å². The average molecular weight is 243 g/mol. The van der Waals surface area contributed by atoms with Gasteiger partial charge in [0.1, 0.15) is 0 Å². The first-order valence-electron chi connectivity index (χ1n) is 7.10. The van der Waals surface area contributed by atoms with E-state index < -0.39 is 0 Å². The molecule has 0 spiro atoms. The van der Waals surface area contributed by atoms with Crippen molar-refractivity contribution >= 4 is 0 Å². The summed E-state index contributed by atoms with van der Waals surface area (Å²) in [6.45, 7) is 6.92. The minimum Gasteiger partial charge on any atom is -0.382 e. The number of methoxy groups -OCH3 is 1. The van der Waals surface area contributed by atoms with Crippen LogP contribution in [0.25, 0.3) is 0 Å². The molecular weight excluding hydrogens is 214 g/mol. The van der Waals surface area contributed by atoms with Crippen LogP contribution in [0, 0.1) is 11.8 Å². The number of nitrogens with one attached hydrogen (secondary N) is 1. The molecule has 0 aromatic rings. The normalized spacial score (nSPS) is 25.1. The van der Waals surface area contributed by atoms with E-state index in [1.165, 1.54) is 32.2 Å². The Morgan fingerprint density at radius 3 is 2.53 bits per heavy atom. The summed E-state index contributed by atoms with van der Waals surface area (Å²) < 4.78 is 10.3. The SMILES string of the molecule is COCCOCCCNCC1CCC(C)CC1. The van der Waals surface area contributed by atoms with Crippen molar-refractivity contribution in [1.82, 2.24) is 5.32 Å². The van der Waals surface area contributed by atoms with Crippen molar-refractivity contribution < 1.29 is 9.47 Å². The Hall–Kier alpha value is -0.120. The molecule has 0 aromatic heterocycles. The molecule has 0 aliphatic heterocycles. The molecule has 0 aromatic carbocycles. The van der Waals surface area contributed by atoms with Crippen molar-refractivity contribution in [3.05, 3.63) is 0 Å². The summed E-state index contributed by atoms with van der Waals surface area (Å²) in [6, 6.07) is 0. The van der Waals surface area contributed by atoms with E-state index >= 15 is 0 Å². The second-order valence-electron chi connectivity index (χ2n) is 5.29.